The van der Waals surface area contributed by atoms with E-state index in [2.05, 4.69) is 20.0 Å². The minimum atomic E-state index is -0.00910. The van der Waals surface area contributed by atoms with E-state index in [9.17, 15) is 0 Å². The van der Waals surface area contributed by atoms with Gasteiger partial charge in [-0.2, -0.15) is 5.10 Å². The summed E-state index contributed by atoms with van der Waals surface area (Å²) >= 11 is 7.32. The third-order valence-electron chi connectivity index (χ3n) is 3.13. The highest BCUT2D eigenvalue weighted by Crippen LogP contribution is 2.22. The van der Waals surface area contributed by atoms with E-state index in [-0.39, 0.29) is 6.04 Å². The van der Waals surface area contributed by atoms with Crippen molar-refractivity contribution in [3.63, 3.8) is 0 Å². The van der Waals surface area contributed by atoms with Gasteiger partial charge in [0.05, 0.1) is 17.4 Å². The number of benzene rings is 1. The van der Waals surface area contributed by atoms with Crippen molar-refractivity contribution in [3.05, 3.63) is 63.9 Å². The van der Waals surface area contributed by atoms with Gasteiger partial charge in [-0.3, -0.25) is 10.00 Å². The van der Waals surface area contributed by atoms with Gasteiger partial charge in [-0.1, -0.05) is 28.2 Å². The molecule has 21 heavy (non-hydrogen) atoms. The van der Waals surface area contributed by atoms with Gasteiger partial charge >= 0.3 is 0 Å². The Balaban J connectivity index is 1.85. The van der Waals surface area contributed by atoms with E-state index < -0.39 is 0 Å². The fraction of sp³-hybridized carbons (Fsp3) is 0.214. The van der Waals surface area contributed by atoms with Crippen molar-refractivity contribution in [2.45, 2.75) is 12.6 Å². The zero-order chi connectivity index (χ0) is 14.7. The predicted molar refractivity (Wildman–Crippen MR) is 83.3 cm³/mol. The molecule has 5 nitrogen and oxygen atoms in total. The molecule has 1 aromatic carbocycles. The van der Waals surface area contributed by atoms with Crippen LogP contribution in [-0.4, -0.2) is 19.4 Å². The molecule has 2 aromatic heterocycles. The van der Waals surface area contributed by atoms with Gasteiger partial charge in [0.2, 0.25) is 0 Å². The van der Waals surface area contributed by atoms with Gasteiger partial charge in [0.1, 0.15) is 0 Å². The van der Waals surface area contributed by atoms with Crippen molar-refractivity contribution >= 4 is 23.1 Å². The van der Waals surface area contributed by atoms with E-state index in [1.54, 1.807) is 4.68 Å². The summed E-state index contributed by atoms with van der Waals surface area (Å²) in [7, 11) is 1.91. The molecule has 0 spiro atoms. The first kappa shape index (κ1) is 14.2. The van der Waals surface area contributed by atoms with Gasteiger partial charge in [0.25, 0.3) is 0 Å². The van der Waals surface area contributed by atoms with Crippen LogP contribution in [0.5, 0.6) is 0 Å². The van der Waals surface area contributed by atoms with Crippen LogP contribution in [0.15, 0.2) is 41.9 Å². The van der Waals surface area contributed by atoms with Gasteiger partial charge in [0, 0.05) is 30.2 Å². The largest absolute Gasteiger partial charge is 0.299 e. The number of rotatable bonds is 5. The molecule has 0 aliphatic rings. The van der Waals surface area contributed by atoms with Crippen molar-refractivity contribution in [2.75, 3.05) is 0 Å². The lowest BCUT2D eigenvalue weighted by atomic mass is 10.0. The van der Waals surface area contributed by atoms with Crippen LogP contribution in [0.3, 0.4) is 0 Å². The molecule has 0 amide bonds. The molecular weight excluding hydrogens is 306 g/mol. The molecule has 0 saturated heterocycles. The average molecular weight is 320 g/mol. The Bertz CT molecular complexity index is 692. The van der Waals surface area contributed by atoms with Gasteiger partial charge in [-0.05, 0) is 35.3 Å². The summed E-state index contributed by atoms with van der Waals surface area (Å²) in [6, 6.07) is 9.79. The van der Waals surface area contributed by atoms with Crippen molar-refractivity contribution in [1.29, 1.82) is 0 Å². The first-order valence-corrected chi connectivity index (χ1v) is 7.68. The molecule has 3 rings (SSSR count). The third kappa shape index (κ3) is 3.47. The van der Waals surface area contributed by atoms with Crippen molar-refractivity contribution in [1.82, 2.24) is 24.7 Å². The summed E-state index contributed by atoms with van der Waals surface area (Å²) in [6.07, 6.45) is 1.93. The maximum Gasteiger partial charge on any atom is 0.0893 e. The number of hydrogen-bond donors (Lipinski definition) is 1. The molecule has 0 aliphatic carbocycles. The van der Waals surface area contributed by atoms with Crippen LogP contribution in [0.25, 0.3) is 0 Å². The molecule has 0 unspecified atom stereocenters. The highest BCUT2D eigenvalue weighted by Gasteiger charge is 2.16. The SMILES string of the molecule is Cn1ccc([C@@H](NCc2csnn2)c2ccc(Cl)cc2)n1. The van der Waals surface area contributed by atoms with Crippen molar-refractivity contribution in [3.8, 4) is 0 Å². The molecule has 7 heteroatoms. The smallest absolute Gasteiger partial charge is 0.0893 e. The quantitative estimate of drug-likeness (QED) is 0.785. The molecule has 0 saturated carbocycles. The summed E-state index contributed by atoms with van der Waals surface area (Å²) in [4.78, 5) is 0. The molecule has 1 N–H and O–H groups in total. The van der Waals surface area contributed by atoms with E-state index in [1.807, 2.05) is 49.0 Å². The second-order valence-corrected chi connectivity index (χ2v) is 5.72. The molecule has 1 atom stereocenters. The van der Waals surface area contributed by atoms with Crippen LogP contribution in [0.4, 0.5) is 0 Å². The minimum absolute atomic E-state index is 0.00910. The highest BCUT2D eigenvalue weighted by atomic mass is 35.5. The van der Waals surface area contributed by atoms with Crippen LogP contribution in [0, 0.1) is 0 Å². The summed E-state index contributed by atoms with van der Waals surface area (Å²) in [5, 5.41) is 14.7. The second kappa shape index (κ2) is 6.34. The number of halogens is 1. The maximum absolute atomic E-state index is 5.97. The van der Waals surface area contributed by atoms with E-state index in [4.69, 9.17) is 11.6 Å². The molecule has 0 fully saturated rings. The first-order chi connectivity index (χ1) is 10.2. The highest BCUT2D eigenvalue weighted by molar-refractivity contribution is 7.03. The molecule has 0 aliphatic heterocycles. The zero-order valence-corrected chi connectivity index (χ0v) is 13.0. The fourth-order valence-corrected chi connectivity index (χ4v) is 2.68. The fourth-order valence-electron chi connectivity index (χ4n) is 2.10. The Kier molecular flexibility index (Phi) is 4.28. The Morgan fingerprint density at radius 3 is 2.71 bits per heavy atom. The topological polar surface area (TPSA) is 55.6 Å². The monoisotopic (exact) mass is 319 g/mol. The first-order valence-electron chi connectivity index (χ1n) is 6.47. The number of hydrogen-bond acceptors (Lipinski definition) is 5. The lowest BCUT2D eigenvalue weighted by Crippen LogP contribution is -2.23. The van der Waals surface area contributed by atoms with E-state index in [1.165, 1.54) is 11.5 Å². The van der Waals surface area contributed by atoms with E-state index in [0.717, 1.165) is 22.0 Å². The summed E-state index contributed by atoms with van der Waals surface area (Å²) < 4.78 is 5.67. The van der Waals surface area contributed by atoms with Crippen LogP contribution in [-0.2, 0) is 13.6 Å². The minimum Gasteiger partial charge on any atom is -0.299 e. The Labute approximate surface area is 131 Å². The zero-order valence-electron chi connectivity index (χ0n) is 11.4. The lowest BCUT2D eigenvalue weighted by Gasteiger charge is -2.16. The molecular formula is C14H14ClN5S. The number of aryl methyl sites for hydroxylation is 1. The van der Waals surface area contributed by atoms with Gasteiger partial charge < -0.3 is 0 Å². The number of nitrogens with one attached hydrogen (secondary N) is 1. The molecule has 2 heterocycles. The normalized spacial score (nSPS) is 12.5. The molecule has 3 aromatic rings. The Hall–Kier alpha value is -1.76. The van der Waals surface area contributed by atoms with E-state index in [0.29, 0.717) is 6.54 Å². The standard InChI is InChI=1S/C14H14ClN5S/c1-20-7-6-13(18-20)14(10-2-4-11(15)5-3-10)16-8-12-9-21-19-17-12/h2-7,9,14,16H,8H2,1H3/t14-/m0/s1. The van der Waals surface area contributed by atoms with Crippen LogP contribution in [0.2, 0.25) is 5.02 Å². The summed E-state index contributed by atoms with van der Waals surface area (Å²) in [5.41, 5.74) is 3.00. The molecule has 108 valence electrons. The average Bonchev–Trinajstić information content (AvgIpc) is 3.13. The third-order valence-corrected chi connectivity index (χ3v) is 3.93. The van der Waals surface area contributed by atoms with Gasteiger partial charge in [-0.15, -0.1) is 5.10 Å². The Morgan fingerprint density at radius 2 is 2.10 bits per heavy atom. The van der Waals surface area contributed by atoms with Gasteiger partial charge in [-0.25, -0.2) is 0 Å². The van der Waals surface area contributed by atoms with E-state index >= 15 is 0 Å². The second-order valence-electron chi connectivity index (χ2n) is 4.68. The molecule has 0 bridgehead atoms. The summed E-state index contributed by atoms with van der Waals surface area (Å²) in [6.45, 7) is 0.639. The Morgan fingerprint density at radius 1 is 1.29 bits per heavy atom. The van der Waals surface area contributed by atoms with Crippen LogP contribution >= 0.6 is 23.1 Å². The van der Waals surface area contributed by atoms with Crippen LogP contribution in [0.1, 0.15) is 23.0 Å². The van der Waals surface area contributed by atoms with Crippen LogP contribution < -0.4 is 5.32 Å². The van der Waals surface area contributed by atoms with Gasteiger partial charge in [0.15, 0.2) is 0 Å². The maximum atomic E-state index is 5.97. The number of nitrogens with zero attached hydrogens (tertiary/aromatic N) is 4. The predicted octanol–water partition coefficient (Wildman–Crippen LogP) is 2.80. The lowest BCUT2D eigenvalue weighted by molar-refractivity contribution is 0.572. The van der Waals surface area contributed by atoms with Crippen molar-refractivity contribution in [2.24, 2.45) is 7.05 Å². The summed E-state index contributed by atoms with van der Waals surface area (Å²) in [5.74, 6) is 0. The van der Waals surface area contributed by atoms with Crippen molar-refractivity contribution < 1.29 is 0 Å². The number of aromatic nitrogens is 4. The molecule has 0 radical (unpaired) electrons.